The second-order valence-corrected chi connectivity index (χ2v) is 3.01. The number of hydrogen-bond donors (Lipinski definition) is 0. The van der Waals surface area contributed by atoms with E-state index in [2.05, 4.69) is 41.8 Å². The predicted molar refractivity (Wildman–Crippen MR) is 49.8 cm³/mol. The molecule has 0 fully saturated rings. The summed E-state index contributed by atoms with van der Waals surface area (Å²) >= 11 is 5.97. The van der Waals surface area contributed by atoms with Crippen LogP contribution >= 0.6 is 31.9 Å². The number of aryl methyl sites for hydroxylation is 1. The topological polar surface area (TPSA) is 22.2 Å². The highest BCUT2D eigenvalue weighted by molar-refractivity contribution is 9.11. The van der Waals surface area contributed by atoms with Gasteiger partial charge in [0.1, 0.15) is 0 Å². The van der Waals surface area contributed by atoms with Gasteiger partial charge in [-0.2, -0.15) is 4.68 Å². The molecule has 0 radical (unpaired) electrons. The minimum Gasteiger partial charge on any atom is -0.361 e. The van der Waals surface area contributed by atoms with Crippen LogP contribution in [-0.4, -0.2) is 9.78 Å². The van der Waals surface area contributed by atoms with Crippen molar-refractivity contribution in [3.8, 4) is 0 Å². The van der Waals surface area contributed by atoms with E-state index in [0.717, 1.165) is 0 Å². The van der Waals surface area contributed by atoms with Crippen LogP contribution in [-0.2, 0) is 12.3 Å². The van der Waals surface area contributed by atoms with Crippen molar-refractivity contribution >= 4 is 37.7 Å². The average molecular weight is 281 g/mol. The first-order valence-corrected chi connectivity index (χ1v) is 4.26. The molecule has 11 heavy (non-hydrogen) atoms. The molecule has 1 aromatic heterocycles. The van der Waals surface area contributed by atoms with Crippen LogP contribution in [0.3, 0.4) is 0 Å². The third-order valence-corrected chi connectivity index (χ3v) is 2.26. The minimum atomic E-state index is -1.72. The van der Waals surface area contributed by atoms with E-state index in [0.29, 0.717) is 10.3 Å². The standard InChI is InChI=1S/C6H5Br2N3/c1-9-6-5(8)4(3-7)10-11(6)2/h3H2,2H3/i3D2. The van der Waals surface area contributed by atoms with Crippen molar-refractivity contribution < 1.29 is 2.74 Å². The number of nitrogens with zero attached hydrogens (tertiary/aromatic N) is 3. The minimum absolute atomic E-state index is 0.181. The fourth-order valence-corrected chi connectivity index (χ4v) is 1.74. The molecule has 0 aliphatic heterocycles. The maximum atomic E-state index is 7.37. The van der Waals surface area contributed by atoms with Gasteiger partial charge in [-0.1, -0.05) is 38.4 Å². The van der Waals surface area contributed by atoms with Crippen molar-refractivity contribution in [2.45, 2.75) is 5.28 Å². The lowest BCUT2D eigenvalue weighted by atomic mass is 10.5. The first-order valence-electron chi connectivity index (χ1n) is 3.67. The van der Waals surface area contributed by atoms with Gasteiger partial charge in [0.15, 0.2) is 0 Å². The number of hydrogen-bond acceptors (Lipinski definition) is 1. The van der Waals surface area contributed by atoms with E-state index in [-0.39, 0.29) is 5.69 Å². The highest BCUT2D eigenvalue weighted by Crippen LogP contribution is 2.29. The summed E-state index contributed by atoms with van der Waals surface area (Å²) in [6, 6.07) is 0. The van der Waals surface area contributed by atoms with Gasteiger partial charge in [0.2, 0.25) is 0 Å². The largest absolute Gasteiger partial charge is 0.361 e. The van der Waals surface area contributed by atoms with Gasteiger partial charge < -0.3 is 4.85 Å². The van der Waals surface area contributed by atoms with Crippen LogP contribution in [0, 0.1) is 6.57 Å². The van der Waals surface area contributed by atoms with Crippen LogP contribution in [0.5, 0.6) is 0 Å². The summed E-state index contributed by atoms with van der Waals surface area (Å²) in [5, 5.41) is 2.17. The van der Waals surface area contributed by atoms with Gasteiger partial charge >= 0.3 is 0 Å². The summed E-state index contributed by atoms with van der Waals surface area (Å²) < 4.78 is 16.5. The second kappa shape index (κ2) is 3.37. The van der Waals surface area contributed by atoms with E-state index in [1.54, 1.807) is 7.05 Å². The lowest BCUT2D eigenvalue weighted by molar-refractivity contribution is 0.769. The molecule has 0 atom stereocenters. The molecule has 0 aromatic carbocycles. The average Bonchev–Trinajstić information content (AvgIpc) is 2.25. The molecule has 0 aliphatic rings. The first-order chi connectivity index (χ1) is 5.88. The molecule has 0 amide bonds. The molecular formula is C6H5Br2N3. The summed E-state index contributed by atoms with van der Waals surface area (Å²) in [6.07, 6.45) is 0. The molecule has 0 saturated heterocycles. The lowest BCUT2D eigenvalue weighted by Crippen LogP contribution is -1.88. The van der Waals surface area contributed by atoms with Gasteiger partial charge in [-0.25, -0.2) is 0 Å². The number of halogens is 2. The summed E-state index contributed by atoms with van der Waals surface area (Å²) in [6.45, 7) is 6.84. The van der Waals surface area contributed by atoms with Gasteiger partial charge in [0.25, 0.3) is 5.82 Å². The zero-order chi connectivity index (χ0) is 10.2. The number of aromatic nitrogens is 2. The van der Waals surface area contributed by atoms with E-state index in [4.69, 9.17) is 9.31 Å². The summed E-state index contributed by atoms with van der Waals surface area (Å²) in [4.78, 5) is 3.22. The molecule has 1 aromatic rings. The summed E-state index contributed by atoms with van der Waals surface area (Å²) in [5.41, 5.74) is 0.181. The molecule has 58 valence electrons. The smallest absolute Gasteiger partial charge is 0.266 e. The molecular weight excluding hydrogens is 274 g/mol. The zero-order valence-electron chi connectivity index (χ0n) is 7.60. The predicted octanol–water partition coefficient (Wildman–Crippen LogP) is 2.63. The Bertz CT molecular complexity index is 374. The van der Waals surface area contributed by atoms with Crippen LogP contribution in [0.25, 0.3) is 4.85 Å². The van der Waals surface area contributed by atoms with Gasteiger partial charge in [0, 0.05) is 8.02 Å². The monoisotopic (exact) mass is 279 g/mol. The van der Waals surface area contributed by atoms with Crippen LogP contribution in [0.2, 0.25) is 0 Å². The summed E-state index contributed by atoms with van der Waals surface area (Å²) in [5.74, 6) is 0.290. The van der Waals surface area contributed by atoms with Gasteiger partial charge in [-0.3, -0.25) is 0 Å². The Labute approximate surface area is 84.3 Å². The van der Waals surface area contributed by atoms with Crippen molar-refractivity contribution in [3.05, 3.63) is 21.6 Å². The molecule has 0 bridgehead atoms. The third-order valence-electron chi connectivity index (χ3n) is 1.16. The van der Waals surface area contributed by atoms with E-state index < -0.39 is 5.28 Å². The van der Waals surface area contributed by atoms with Crippen LogP contribution in [0.1, 0.15) is 8.44 Å². The Balaban J connectivity index is 3.37. The SMILES string of the molecule is [2H]C([2H])(Br)c1nn(C)c([N+]#[C-])c1Br. The second-order valence-electron chi connectivity index (χ2n) is 1.82. The number of alkyl halides is 1. The van der Waals surface area contributed by atoms with Crippen LogP contribution in [0.15, 0.2) is 4.47 Å². The maximum absolute atomic E-state index is 7.37. The Morgan fingerprint density at radius 3 is 2.82 bits per heavy atom. The molecule has 1 rings (SSSR count). The fraction of sp³-hybridized carbons (Fsp3) is 0.333. The molecule has 0 unspecified atom stereocenters. The molecule has 3 nitrogen and oxygen atoms in total. The Morgan fingerprint density at radius 2 is 2.55 bits per heavy atom. The Kier molecular flexibility index (Phi) is 1.90. The molecule has 5 heteroatoms. The quantitative estimate of drug-likeness (QED) is 0.573. The van der Waals surface area contributed by atoms with Gasteiger partial charge in [-0.15, -0.1) is 5.10 Å². The van der Waals surface area contributed by atoms with Gasteiger partial charge in [0.05, 0.1) is 17.2 Å². The van der Waals surface area contributed by atoms with E-state index in [1.165, 1.54) is 4.68 Å². The van der Waals surface area contributed by atoms with E-state index >= 15 is 0 Å². The first kappa shape index (κ1) is 6.21. The zero-order valence-corrected chi connectivity index (χ0v) is 8.77. The number of rotatable bonds is 1. The highest BCUT2D eigenvalue weighted by atomic mass is 79.9. The van der Waals surface area contributed by atoms with Crippen LogP contribution in [0.4, 0.5) is 5.82 Å². The van der Waals surface area contributed by atoms with Crippen molar-refractivity contribution in [2.75, 3.05) is 0 Å². The van der Waals surface area contributed by atoms with E-state index in [1.807, 2.05) is 0 Å². The molecule has 0 saturated carbocycles. The van der Waals surface area contributed by atoms with Crippen LogP contribution < -0.4 is 0 Å². The molecule has 0 N–H and O–H groups in total. The van der Waals surface area contributed by atoms with Gasteiger partial charge in [-0.05, 0) is 0 Å². The maximum Gasteiger partial charge on any atom is 0.266 e. The molecule has 0 aliphatic carbocycles. The third kappa shape index (κ3) is 1.47. The fourth-order valence-electron chi connectivity index (χ4n) is 0.671. The summed E-state index contributed by atoms with van der Waals surface area (Å²) in [7, 11) is 1.60. The molecule has 0 spiro atoms. The normalized spacial score (nSPS) is 13.6. The van der Waals surface area contributed by atoms with Crippen molar-refractivity contribution in [2.24, 2.45) is 7.05 Å². The van der Waals surface area contributed by atoms with Crippen molar-refractivity contribution in [1.29, 1.82) is 0 Å². The van der Waals surface area contributed by atoms with E-state index in [9.17, 15) is 0 Å². The Hall–Kier alpha value is -0.340. The molecule has 1 heterocycles. The van der Waals surface area contributed by atoms with Crippen molar-refractivity contribution in [3.63, 3.8) is 0 Å². The Morgan fingerprint density at radius 1 is 1.91 bits per heavy atom. The van der Waals surface area contributed by atoms with Crippen molar-refractivity contribution in [1.82, 2.24) is 9.78 Å². The highest BCUT2D eigenvalue weighted by Gasteiger charge is 2.12. The lowest BCUT2D eigenvalue weighted by Gasteiger charge is -1.87.